The second kappa shape index (κ2) is 8.47. The smallest absolute Gasteiger partial charge is 0.257 e. The van der Waals surface area contributed by atoms with E-state index in [1.165, 1.54) is 16.9 Å². The van der Waals surface area contributed by atoms with Crippen LogP contribution in [-0.2, 0) is 10.2 Å². The molecule has 0 radical (unpaired) electrons. The molecule has 0 saturated carbocycles. The quantitative estimate of drug-likeness (QED) is 0.593. The highest BCUT2D eigenvalue weighted by Gasteiger charge is 2.34. The highest BCUT2D eigenvalue weighted by atomic mass is 32.1. The molecule has 4 rings (SSSR count). The number of benzene rings is 2. The first-order valence-corrected chi connectivity index (χ1v) is 11.6. The molecule has 32 heavy (non-hydrogen) atoms. The monoisotopic (exact) mass is 448 g/mol. The van der Waals surface area contributed by atoms with Gasteiger partial charge in [-0.1, -0.05) is 50.3 Å². The Morgan fingerprint density at radius 1 is 1.06 bits per heavy atom. The van der Waals surface area contributed by atoms with Crippen LogP contribution < -0.4 is 10.2 Å². The highest BCUT2D eigenvalue weighted by Crippen LogP contribution is 2.35. The Morgan fingerprint density at radius 2 is 1.72 bits per heavy atom. The largest absolute Gasteiger partial charge is 0.312 e. The van der Waals surface area contributed by atoms with Crippen LogP contribution in [0.2, 0.25) is 0 Å². The second-order valence-corrected chi connectivity index (χ2v) is 10.5. The maximum Gasteiger partial charge on any atom is 0.257 e. The number of anilines is 2. The summed E-state index contributed by atoms with van der Waals surface area (Å²) in [4.78, 5) is 27.1. The number of rotatable bonds is 4. The summed E-state index contributed by atoms with van der Waals surface area (Å²) >= 11 is 1.33. The normalized spacial score (nSPS) is 16.5. The molecule has 1 aromatic heterocycles. The first-order chi connectivity index (χ1) is 15.1. The van der Waals surface area contributed by atoms with Crippen molar-refractivity contribution >= 4 is 34.0 Å². The van der Waals surface area contributed by atoms with Gasteiger partial charge in [0.25, 0.3) is 5.91 Å². The molecular weight excluding hydrogens is 420 g/mol. The molecule has 1 aliphatic heterocycles. The fraction of sp³-hybridized carbons (Fsp3) is 0.360. The van der Waals surface area contributed by atoms with Crippen LogP contribution in [0.25, 0.3) is 0 Å². The lowest BCUT2D eigenvalue weighted by Gasteiger charge is -2.18. The molecule has 1 atom stereocenters. The van der Waals surface area contributed by atoms with Crippen molar-refractivity contribution in [2.75, 3.05) is 16.8 Å². The van der Waals surface area contributed by atoms with Crippen LogP contribution in [0.3, 0.4) is 0 Å². The summed E-state index contributed by atoms with van der Waals surface area (Å²) in [6, 6.07) is 13.8. The Labute approximate surface area is 192 Å². The molecule has 1 saturated heterocycles. The Morgan fingerprint density at radius 3 is 2.34 bits per heavy atom. The molecule has 0 spiro atoms. The minimum absolute atomic E-state index is 0.0301. The maximum absolute atomic E-state index is 12.7. The van der Waals surface area contributed by atoms with E-state index < -0.39 is 0 Å². The van der Waals surface area contributed by atoms with E-state index in [0.29, 0.717) is 23.7 Å². The van der Waals surface area contributed by atoms with Crippen LogP contribution in [-0.4, -0.2) is 28.6 Å². The SMILES string of the molecule is Cc1cc(C)cc(N2CC(c3nnc(NC(=O)c4ccc(C(C)(C)C)cc4)s3)CC2=O)c1. The molecular formula is C25H28N4O2S. The van der Waals surface area contributed by atoms with E-state index in [1.807, 2.05) is 55.1 Å². The van der Waals surface area contributed by atoms with E-state index in [4.69, 9.17) is 0 Å². The van der Waals surface area contributed by atoms with Crippen molar-refractivity contribution in [3.05, 3.63) is 69.7 Å². The zero-order chi connectivity index (χ0) is 23.0. The van der Waals surface area contributed by atoms with Gasteiger partial charge in [-0.2, -0.15) is 0 Å². The Kier molecular flexibility index (Phi) is 5.86. The van der Waals surface area contributed by atoms with E-state index in [0.717, 1.165) is 21.8 Å². The summed E-state index contributed by atoms with van der Waals surface area (Å²) < 4.78 is 0. The molecule has 166 valence electrons. The molecule has 7 heteroatoms. The van der Waals surface area contributed by atoms with E-state index in [2.05, 4.69) is 42.4 Å². The summed E-state index contributed by atoms with van der Waals surface area (Å²) in [6.45, 7) is 11.0. The van der Waals surface area contributed by atoms with Gasteiger partial charge in [0.15, 0.2) is 0 Å². The number of nitrogens with one attached hydrogen (secondary N) is 1. The number of carbonyl (C=O) groups is 2. The molecule has 1 fully saturated rings. The number of hydrogen-bond donors (Lipinski definition) is 1. The first-order valence-electron chi connectivity index (χ1n) is 10.7. The third-order valence-corrected chi connectivity index (χ3v) is 6.67. The van der Waals surface area contributed by atoms with Gasteiger partial charge in [-0.05, 0) is 60.2 Å². The number of carbonyl (C=O) groups excluding carboxylic acids is 2. The summed E-state index contributed by atoms with van der Waals surface area (Å²) in [5.41, 5.74) is 4.97. The summed E-state index contributed by atoms with van der Waals surface area (Å²) in [5, 5.41) is 12.5. The predicted molar refractivity (Wildman–Crippen MR) is 129 cm³/mol. The van der Waals surface area contributed by atoms with Gasteiger partial charge >= 0.3 is 0 Å². The summed E-state index contributed by atoms with van der Waals surface area (Å²) in [6.07, 6.45) is 0.393. The third-order valence-electron chi connectivity index (χ3n) is 5.67. The fourth-order valence-electron chi connectivity index (χ4n) is 3.97. The molecule has 1 unspecified atom stereocenters. The molecule has 3 aromatic rings. The zero-order valence-electron chi connectivity index (χ0n) is 19.1. The molecule has 1 aliphatic rings. The van der Waals surface area contributed by atoms with Crippen molar-refractivity contribution < 1.29 is 9.59 Å². The van der Waals surface area contributed by atoms with Crippen LogP contribution >= 0.6 is 11.3 Å². The average Bonchev–Trinajstić information content (AvgIpc) is 3.33. The molecule has 2 heterocycles. The highest BCUT2D eigenvalue weighted by molar-refractivity contribution is 7.15. The van der Waals surface area contributed by atoms with Crippen molar-refractivity contribution in [3.63, 3.8) is 0 Å². The molecule has 0 aliphatic carbocycles. The van der Waals surface area contributed by atoms with Crippen molar-refractivity contribution in [1.29, 1.82) is 0 Å². The third kappa shape index (κ3) is 4.72. The van der Waals surface area contributed by atoms with Gasteiger partial charge in [-0.25, -0.2) is 0 Å². The second-order valence-electron chi connectivity index (χ2n) is 9.48. The molecule has 2 amide bonds. The number of amides is 2. The minimum Gasteiger partial charge on any atom is -0.312 e. The molecule has 0 bridgehead atoms. The Balaban J connectivity index is 1.44. The predicted octanol–water partition coefficient (Wildman–Crippen LogP) is 5.23. The van der Waals surface area contributed by atoms with E-state index in [-0.39, 0.29) is 23.1 Å². The molecule has 2 aromatic carbocycles. The lowest BCUT2D eigenvalue weighted by atomic mass is 9.87. The van der Waals surface area contributed by atoms with E-state index in [9.17, 15) is 9.59 Å². The number of nitrogens with zero attached hydrogens (tertiary/aromatic N) is 3. The summed E-state index contributed by atoms with van der Waals surface area (Å²) in [7, 11) is 0. The summed E-state index contributed by atoms with van der Waals surface area (Å²) in [5.74, 6) is -0.162. The van der Waals surface area contributed by atoms with Gasteiger partial charge in [-0.15, -0.1) is 10.2 Å². The van der Waals surface area contributed by atoms with Gasteiger partial charge in [0.05, 0.1) is 0 Å². The van der Waals surface area contributed by atoms with Gasteiger partial charge < -0.3 is 4.90 Å². The van der Waals surface area contributed by atoms with Crippen molar-refractivity contribution in [1.82, 2.24) is 10.2 Å². The fourth-order valence-corrected chi connectivity index (χ4v) is 4.80. The van der Waals surface area contributed by atoms with Crippen molar-refractivity contribution in [3.8, 4) is 0 Å². The van der Waals surface area contributed by atoms with Crippen LogP contribution in [0.1, 0.15) is 65.2 Å². The van der Waals surface area contributed by atoms with Crippen LogP contribution in [0, 0.1) is 13.8 Å². The Hall–Kier alpha value is -3.06. The molecule has 1 N–H and O–H groups in total. The minimum atomic E-state index is -0.215. The van der Waals surface area contributed by atoms with Crippen LogP contribution in [0.4, 0.5) is 10.8 Å². The Bertz CT molecular complexity index is 1140. The van der Waals surface area contributed by atoms with Gasteiger partial charge in [-0.3, -0.25) is 14.9 Å². The topological polar surface area (TPSA) is 75.2 Å². The lowest BCUT2D eigenvalue weighted by molar-refractivity contribution is -0.117. The average molecular weight is 449 g/mol. The molecule has 6 nitrogen and oxygen atoms in total. The van der Waals surface area contributed by atoms with Crippen molar-refractivity contribution in [2.45, 2.75) is 52.4 Å². The van der Waals surface area contributed by atoms with Gasteiger partial charge in [0.2, 0.25) is 11.0 Å². The van der Waals surface area contributed by atoms with E-state index in [1.54, 1.807) is 0 Å². The maximum atomic E-state index is 12.7. The first kappa shape index (κ1) is 22.1. The number of aryl methyl sites for hydroxylation is 2. The van der Waals surface area contributed by atoms with Crippen LogP contribution in [0.5, 0.6) is 0 Å². The number of aromatic nitrogens is 2. The zero-order valence-corrected chi connectivity index (χ0v) is 19.9. The standard InChI is InChI=1S/C25H28N4O2S/c1-15-10-16(2)12-20(11-15)29-14-18(13-21(29)30)23-27-28-24(32-23)26-22(31)17-6-8-19(9-7-17)25(3,4)5/h6-12,18H,13-14H2,1-5H3,(H,26,28,31). The van der Waals surface area contributed by atoms with E-state index >= 15 is 0 Å². The van der Waals surface area contributed by atoms with Gasteiger partial charge in [0.1, 0.15) is 5.01 Å². The van der Waals surface area contributed by atoms with Crippen LogP contribution in [0.15, 0.2) is 42.5 Å². The van der Waals surface area contributed by atoms with Gasteiger partial charge in [0, 0.05) is 30.1 Å². The number of hydrogen-bond acceptors (Lipinski definition) is 5. The van der Waals surface area contributed by atoms with Crippen molar-refractivity contribution in [2.24, 2.45) is 0 Å². The lowest BCUT2D eigenvalue weighted by Crippen LogP contribution is -2.24.